The molecule has 0 spiro atoms. The third-order valence-corrected chi connectivity index (χ3v) is 6.29. The Morgan fingerprint density at radius 3 is 2.59 bits per heavy atom. The summed E-state index contributed by atoms with van der Waals surface area (Å²) in [7, 11) is 3.80. The topological polar surface area (TPSA) is 70.6 Å². The summed E-state index contributed by atoms with van der Waals surface area (Å²) in [6, 6.07) is 11.2. The highest BCUT2D eigenvalue weighted by Crippen LogP contribution is 2.30. The summed E-state index contributed by atoms with van der Waals surface area (Å²) in [5.74, 6) is 8.17. The lowest BCUT2D eigenvalue weighted by Crippen LogP contribution is -2.53. The number of hydrogen-bond acceptors (Lipinski definition) is 7. The number of rotatable bonds is 5. The fourth-order valence-corrected chi connectivity index (χ4v) is 4.07. The molecule has 176 valence electrons. The lowest BCUT2D eigenvalue weighted by Gasteiger charge is -2.40. The van der Waals surface area contributed by atoms with Crippen molar-refractivity contribution in [2.45, 2.75) is 26.3 Å². The lowest BCUT2D eigenvalue weighted by atomic mass is 10.0. The Morgan fingerprint density at radius 2 is 1.88 bits per heavy atom. The average Bonchev–Trinajstić information content (AvgIpc) is 2.83. The first-order chi connectivity index (χ1) is 16.3. The molecule has 0 atom stereocenters. The summed E-state index contributed by atoms with van der Waals surface area (Å²) in [5, 5.41) is 4.16. The minimum absolute atomic E-state index is 0.0152. The zero-order valence-electron chi connectivity index (χ0n) is 20.5. The number of hydrogen-bond donors (Lipinski definition) is 1. The zero-order valence-corrected chi connectivity index (χ0v) is 20.5. The van der Waals surface area contributed by atoms with Gasteiger partial charge < -0.3 is 15.0 Å². The van der Waals surface area contributed by atoms with E-state index in [4.69, 9.17) is 4.74 Å². The number of carbonyl (C=O) groups is 1. The predicted molar refractivity (Wildman–Crippen MR) is 136 cm³/mol. The van der Waals surface area contributed by atoms with Gasteiger partial charge >= 0.3 is 0 Å². The van der Waals surface area contributed by atoms with Gasteiger partial charge in [0.2, 0.25) is 0 Å². The van der Waals surface area contributed by atoms with Gasteiger partial charge in [0.05, 0.1) is 23.7 Å². The van der Waals surface area contributed by atoms with E-state index in [0.29, 0.717) is 17.1 Å². The number of methoxy groups -OCH3 is 1. The van der Waals surface area contributed by atoms with Crippen LogP contribution in [-0.4, -0.2) is 71.4 Å². The van der Waals surface area contributed by atoms with E-state index in [9.17, 15) is 4.79 Å². The molecule has 1 aliphatic rings. The molecule has 1 N–H and O–H groups in total. The van der Waals surface area contributed by atoms with E-state index < -0.39 is 0 Å². The Morgan fingerprint density at radius 1 is 1.12 bits per heavy atom. The van der Waals surface area contributed by atoms with E-state index in [0.717, 1.165) is 48.3 Å². The van der Waals surface area contributed by atoms with Crippen molar-refractivity contribution in [2.75, 3.05) is 45.7 Å². The van der Waals surface area contributed by atoms with Gasteiger partial charge in [-0.2, -0.15) is 0 Å². The summed E-state index contributed by atoms with van der Waals surface area (Å²) >= 11 is 0. The van der Waals surface area contributed by atoms with Crippen LogP contribution in [0.15, 0.2) is 42.7 Å². The number of anilines is 2. The molecular weight excluding hydrogens is 426 g/mol. The number of benzene rings is 2. The number of aromatic nitrogens is 2. The second-order valence-corrected chi connectivity index (χ2v) is 9.15. The molecule has 1 aliphatic heterocycles. The molecule has 1 saturated heterocycles. The van der Waals surface area contributed by atoms with Gasteiger partial charge in [-0.3, -0.25) is 9.69 Å². The van der Waals surface area contributed by atoms with Crippen LogP contribution in [0.25, 0.3) is 10.9 Å². The molecule has 2 heterocycles. The number of ether oxygens (including phenoxy) is 1. The van der Waals surface area contributed by atoms with Crippen LogP contribution in [0.5, 0.6) is 5.75 Å². The van der Waals surface area contributed by atoms with Gasteiger partial charge in [-0.15, -0.1) is 0 Å². The molecule has 0 unspecified atom stereocenters. The number of nitrogens with one attached hydrogen (secondary N) is 1. The van der Waals surface area contributed by atoms with Crippen molar-refractivity contribution in [3.63, 3.8) is 0 Å². The molecule has 0 saturated carbocycles. The van der Waals surface area contributed by atoms with Crippen LogP contribution in [0.1, 0.15) is 36.7 Å². The van der Waals surface area contributed by atoms with Crippen LogP contribution in [0.2, 0.25) is 0 Å². The molecule has 7 heteroatoms. The van der Waals surface area contributed by atoms with Crippen molar-refractivity contribution in [3.8, 4) is 17.6 Å². The first kappa shape index (κ1) is 23.7. The van der Waals surface area contributed by atoms with Gasteiger partial charge in [0.25, 0.3) is 0 Å². The first-order valence-electron chi connectivity index (χ1n) is 11.4. The van der Waals surface area contributed by atoms with Gasteiger partial charge in [-0.1, -0.05) is 24.0 Å². The van der Waals surface area contributed by atoms with Crippen LogP contribution in [-0.2, 0) is 0 Å². The minimum atomic E-state index is -0.261. The van der Waals surface area contributed by atoms with E-state index in [1.807, 2.05) is 30.3 Å². The maximum absolute atomic E-state index is 11.8. The summed E-state index contributed by atoms with van der Waals surface area (Å²) in [4.78, 5) is 25.4. The maximum atomic E-state index is 11.8. The van der Waals surface area contributed by atoms with Crippen LogP contribution in [0, 0.1) is 11.8 Å². The monoisotopic (exact) mass is 457 g/mol. The Labute approximate surface area is 201 Å². The molecular formula is C27H31N5O2. The highest BCUT2D eigenvalue weighted by atomic mass is 16.5. The Balaban J connectivity index is 1.69. The number of fused-ring (bicyclic) bond motifs is 1. The number of nitrogens with zero attached hydrogens (tertiary/aromatic N) is 4. The highest BCUT2D eigenvalue weighted by Gasteiger charge is 2.27. The number of carbonyl (C=O) groups excluding carboxylic acids is 1. The van der Waals surface area contributed by atoms with Crippen molar-refractivity contribution in [3.05, 3.63) is 53.9 Å². The largest absolute Gasteiger partial charge is 0.495 e. The Hall–Kier alpha value is -3.47. The van der Waals surface area contributed by atoms with Crippen molar-refractivity contribution in [1.82, 2.24) is 19.8 Å². The Kier molecular flexibility index (Phi) is 6.82. The second kappa shape index (κ2) is 9.80. The number of ketones is 1. The molecule has 1 fully saturated rings. The number of likely N-dealkylation sites (N-methyl/N-ethyl adjacent to an activating group) is 1. The molecule has 1 aromatic heterocycles. The van der Waals surface area contributed by atoms with Crippen LogP contribution in [0.3, 0.4) is 0 Å². The molecule has 0 amide bonds. The summed E-state index contributed by atoms with van der Waals surface area (Å²) in [6.45, 7) is 9.96. The first-order valence-corrected chi connectivity index (χ1v) is 11.4. The van der Waals surface area contributed by atoms with E-state index in [1.54, 1.807) is 20.1 Å². The van der Waals surface area contributed by atoms with E-state index >= 15 is 0 Å². The lowest BCUT2D eigenvalue weighted by molar-refractivity contribution is 0.0946. The zero-order chi connectivity index (χ0) is 24.3. The molecule has 0 bridgehead atoms. The molecule has 7 nitrogen and oxygen atoms in total. The minimum Gasteiger partial charge on any atom is -0.495 e. The average molecular weight is 458 g/mol. The predicted octanol–water partition coefficient (Wildman–Crippen LogP) is 3.96. The normalized spacial score (nSPS) is 15.0. The molecule has 0 aliphatic carbocycles. The van der Waals surface area contributed by atoms with Crippen molar-refractivity contribution < 1.29 is 9.53 Å². The van der Waals surface area contributed by atoms with Gasteiger partial charge in [0, 0.05) is 48.9 Å². The molecule has 4 rings (SSSR count). The van der Waals surface area contributed by atoms with Gasteiger partial charge in [0.15, 0.2) is 5.78 Å². The highest BCUT2D eigenvalue weighted by molar-refractivity contribution is 5.96. The maximum Gasteiger partial charge on any atom is 0.159 e. The van der Waals surface area contributed by atoms with Crippen molar-refractivity contribution in [2.24, 2.45) is 0 Å². The fraction of sp³-hybridized carbons (Fsp3) is 0.370. The third-order valence-electron chi connectivity index (χ3n) is 6.29. The van der Waals surface area contributed by atoms with Crippen LogP contribution < -0.4 is 10.1 Å². The van der Waals surface area contributed by atoms with Crippen molar-refractivity contribution >= 4 is 28.2 Å². The quantitative estimate of drug-likeness (QED) is 0.459. The van der Waals surface area contributed by atoms with Crippen LogP contribution >= 0.6 is 0 Å². The molecule has 3 aromatic rings. The van der Waals surface area contributed by atoms with Gasteiger partial charge in [0.1, 0.15) is 17.9 Å². The molecule has 34 heavy (non-hydrogen) atoms. The second-order valence-electron chi connectivity index (χ2n) is 9.15. The SMILES string of the molecule is COc1cc2ncnc(Nc3cccc(C(C)=O)c3)c2cc1C#CC(C)(C)N1CCN(C)CC1. The standard InChI is InChI=1S/C27H31N5O2/c1-19(33)20-7-6-8-22(15-20)30-26-23-16-21(25(34-5)17-24(23)28-18-29-26)9-10-27(2,3)32-13-11-31(4)12-14-32/h6-8,15-18H,11-14H2,1-5H3,(H,28,29,30). The van der Waals surface area contributed by atoms with E-state index in [2.05, 4.69) is 57.8 Å². The molecule has 0 radical (unpaired) electrons. The summed E-state index contributed by atoms with van der Waals surface area (Å²) in [6.07, 6.45) is 1.51. The van der Waals surface area contributed by atoms with Crippen LogP contribution in [0.4, 0.5) is 11.5 Å². The van der Waals surface area contributed by atoms with E-state index in [1.165, 1.54) is 6.33 Å². The fourth-order valence-electron chi connectivity index (χ4n) is 4.07. The summed E-state index contributed by atoms with van der Waals surface area (Å²) in [5.41, 5.74) is 2.70. The van der Waals surface area contributed by atoms with E-state index in [-0.39, 0.29) is 11.3 Å². The van der Waals surface area contributed by atoms with Gasteiger partial charge in [-0.25, -0.2) is 9.97 Å². The smallest absolute Gasteiger partial charge is 0.159 e. The Bertz CT molecular complexity index is 1270. The number of Topliss-reactive ketones (excluding diaryl/α,β-unsaturated/α-hetero) is 1. The summed E-state index contributed by atoms with van der Waals surface area (Å²) < 4.78 is 5.64. The van der Waals surface area contributed by atoms with Crippen molar-refractivity contribution in [1.29, 1.82) is 0 Å². The molecule has 2 aromatic carbocycles. The third kappa shape index (κ3) is 5.19. The number of piperazine rings is 1. The van der Waals surface area contributed by atoms with Gasteiger partial charge in [-0.05, 0) is 46.0 Å².